The van der Waals surface area contributed by atoms with Crippen LogP contribution in [0.3, 0.4) is 0 Å². The van der Waals surface area contributed by atoms with Gasteiger partial charge in [-0.2, -0.15) is 0 Å². The van der Waals surface area contributed by atoms with Gasteiger partial charge in [0, 0.05) is 18.1 Å². The monoisotopic (exact) mass is 278 g/mol. The van der Waals surface area contributed by atoms with Crippen molar-refractivity contribution in [1.29, 1.82) is 0 Å². The highest BCUT2D eigenvalue weighted by Crippen LogP contribution is 2.45. The van der Waals surface area contributed by atoms with Crippen molar-refractivity contribution < 1.29 is 0 Å². The van der Waals surface area contributed by atoms with E-state index in [0.29, 0.717) is 5.54 Å². The number of piperidine rings is 1. The third-order valence-corrected chi connectivity index (χ3v) is 6.49. The van der Waals surface area contributed by atoms with Crippen molar-refractivity contribution in [2.45, 2.75) is 83.2 Å². The molecule has 2 aliphatic carbocycles. The summed E-state index contributed by atoms with van der Waals surface area (Å²) in [7, 11) is 0. The van der Waals surface area contributed by atoms with Crippen LogP contribution in [0.15, 0.2) is 0 Å². The third kappa shape index (κ3) is 2.66. The summed E-state index contributed by atoms with van der Waals surface area (Å²) in [6.07, 6.45) is 12.8. The second kappa shape index (κ2) is 5.96. The summed E-state index contributed by atoms with van der Waals surface area (Å²) in [5, 5.41) is 0. The van der Waals surface area contributed by atoms with Gasteiger partial charge in [-0.25, -0.2) is 0 Å². The molecule has 2 N–H and O–H groups in total. The first kappa shape index (κ1) is 14.8. The average Bonchev–Trinajstić information content (AvgIpc) is 2.45. The highest BCUT2D eigenvalue weighted by atomic mass is 15.2. The lowest BCUT2D eigenvalue weighted by molar-refractivity contribution is -0.0607. The first-order valence-corrected chi connectivity index (χ1v) is 9.11. The van der Waals surface area contributed by atoms with Crippen LogP contribution in [0.5, 0.6) is 0 Å². The van der Waals surface area contributed by atoms with Crippen molar-refractivity contribution in [3.05, 3.63) is 0 Å². The largest absolute Gasteiger partial charge is 0.329 e. The summed E-state index contributed by atoms with van der Waals surface area (Å²) in [5.41, 5.74) is 6.70. The fourth-order valence-corrected chi connectivity index (χ4v) is 5.97. The van der Waals surface area contributed by atoms with Gasteiger partial charge in [-0.15, -0.1) is 0 Å². The second-order valence-corrected chi connectivity index (χ2v) is 8.23. The molecule has 2 saturated carbocycles. The lowest BCUT2D eigenvalue weighted by Crippen LogP contribution is -2.64. The Kier molecular flexibility index (Phi) is 4.42. The van der Waals surface area contributed by atoms with E-state index in [0.717, 1.165) is 30.3 Å². The molecular formula is C18H34N2. The van der Waals surface area contributed by atoms with Crippen LogP contribution >= 0.6 is 0 Å². The molecule has 1 heterocycles. The van der Waals surface area contributed by atoms with Gasteiger partial charge in [0.25, 0.3) is 0 Å². The van der Waals surface area contributed by atoms with E-state index >= 15 is 0 Å². The highest BCUT2D eigenvalue weighted by molar-refractivity contribution is 5.03. The zero-order valence-electron chi connectivity index (χ0n) is 13.6. The number of fused-ring (bicyclic) bond motifs is 1. The van der Waals surface area contributed by atoms with Crippen molar-refractivity contribution in [1.82, 2.24) is 4.90 Å². The Balaban J connectivity index is 1.83. The highest BCUT2D eigenvalue weighted by Gasteiger charge is 2.47. The molecule has 0 spiro atoms. The maximum absolute atomic E-state index is 6.37. The fourth-order valence-electron chi connectivity index (χ4n) is 5.97. The van der Waals surface area contributed by atoms with Gasteiger partial charge in [0.2, 0.25) is 0 Å². The van der Waals surface area contributed by atoms with E-state index in [1.165, 1.54) is 64.3 Å². The molecular weight excluding hydrogens is 244 g/mol. The lowest BCUT2D eigenvalue weighted by atomic mass is 9.67. The van der Waals surface area contributed by atoms with Crippen LogP contribution in [0, 0.1) is 17.8 Å². The van der Waals surface area contributed by atoms with E-state index in [-0.39, 0.29) is 0 Å². The smallest absolute Gasteiger partial charge is 0.0339 e. The van der Waals surface area contributed by atoms with Gasteiger partial charge in [-0.3, -0.25) is 4.90 Å². The Hall–Kier alpha value is -0.0800. The Labute approximate surface area is 125 Å². The maximum atomic E-state index is 6.37. The van der Waals surface area contributed by atoms with E-state index in [1.54, 1.807) is 0 Å². The molecule has 3 rings (SSSR count). The Morgan fingerprint density at radius 3 is 2.35 bits per heavy atom. The number of hydrogen-bond donors (Lipinski definition) is 1. The van der Waals surface area contributed by atoms with Gasteiger partial charge in [-0.1, -0.05) is 26.7 Å². The first-order valence-electron chi connectivity index (χ1n) is 9.11. The molecule has 3 fully saturated rings. The van der Waals surface area contributed by atoms with Crippen LogP contribution in [-0.2, 0) is 0 Å². The summed E-state index contributed by atoms with van der Waals surface area (Å²) >= 11 is 0. The lowest BCUT2D eigenvalue weighted by Gasteiger charge is -2.57. The topological polar surface area (TPSA) is 29.3 Å². The van der Waals surface area contributed by atoms with Crippen molar-refractivity contribution >= 4 is 0 Å². The van der Waals surface area contributed by atoms with Gasteiger partial charge >= 0.3 is 0 Å². The minimum atomic E-state index is 0.331. The maximum Gasteiger partial charge on any atom is 0.0339 e. The quantitative estimate of drug-likeness (QED) is 0.832. The Morgan fingerprint density at radius 2 is 1.65 bits per heavy atom. The van der Waals surface area contributed by atoms with Crippen LogP contribution in [0.4, 0.5) is 0 Å². The molecule has 2 heteroatoms. The molecule has 0 aromatic rings. The van der Waals surface area contributed by atoms with Gasteiger partial charge in [0.05, 0.1) is 0 Å². The average molecular weight is 278 g/mol. The SMILES string of the molecule is CC1CC(C)CC(CN)(N2CCCC3CCCCC32)C1. The van der Waals surface area contributed by atoms with E-state index in [2.05, 4.69) is 18.7 Å². The van der Waals surface area contributed by atoms with Crippen LogP contribution < -0.4 is 5.73 Å². The number of nitrogens with zero attached hydrogens (tertiary/aromatic N) is 1. The predicted molar refractivity (Wildman–Crippen MR) is 85.7 cm³/mol. The number of likely N-dealkylation sites (tertiary alicyclic amines) is 1. The molecule has 0 radical (unpaired) electrons. The van der Waals surface area contributed by atoms with Crippen LogP contribution in [-0.4, -0.2) is 29.6 Å². The second-order valence-electron chi connectivity index (χ2n) is 8.23. The van der Waals surface area contributed by atoms with Crippen LogP contribution in [0.2, 0.25) is 0 Å². The summed E-state index contributed by atoms with van der Waals surface area (Å²) in [6, 6.07) is 0.860. The number of hydrogen-bond acceptors (Lipinski definition) is 2. The van der Waals surface area contributed by atoms with E-state index in [9.17, 15) is 0 Å². The predicted octanol–water partition coefficient (Wildman–Crippen LogP) is 3.79. The van der Waals surface area contributed by atoms with Crippen molar-refractivity contribution in [2.75, 3.05) is 13.1 Å². The molecule has 4 unspecified atom stereocenters. The van der Waals surface area contributed by atoms with Crippen molar-refractivity contribution in [2.24, 2.45) is 23.5 Å². The van der Waals surface area contributed by atoms with Gasteiger partial charge in [0.1, 0.15) is 0 Å². The van der Waals surface area contributed by atoms with E-state index in [1.807, 2.05) is 0 Å². The zero-order chi connectivity index (χ0) is 14.2. The van der Waals surface area contributed by atoms with Crippen LogP contribution in [0.1, 0.15) is 71.6 Å². The molecule has 116 valence electrons. The summed E-state index contributed by atoms with van der Waals surface area (Å²) in [5.74, 6) is 2.69. The molecule has 0 aromatic carbocycles. The minimum absolute atomic E-state index is 0.331. The zero-order valence-corrected chi connectivity index (χ0v) is 13.6. The van der Waals surface area contributed by atoms with Gasteiger partial charge in [0.15, 0.2) is 0 Å². The number of nitrogens with two attached hydrogens (primary N) is 1. The normalized spacial score (nSPS) is 47.0. The summed E-state index contributed by atoms with van der Waals surface area (Å²) in [4.78, 5) is 2.92. The van der Waals surface area contributed by atoms with Crippen molar-refractivity contribution in [3.8, 4) is 0 Å². The summed E-state index contributed by atoms with van der Waals surface area (Å²) < 4.78 is 0. The van der Waals surface area contributed by atoms with Crippen molar-refractivity contribution in [3.63, 3.8) is 0 Å². The molecule has 3 aliphatic rings. The summed E-state index contributed by atoms with van der Waals surface area (Å²) in [6.45, 7) is 7.09. The minimum Gasteiger partial charge on any atom is -0.329 e. The molecule has 0 aromatic heterocycles. The van der Waals surface area contributed by atoms with Crippen LogP contribution in [0.25, 0.3) is 0 Å². The molecule has 1 saturated heterocycles. The number of rotatable bonds is 2. The molecule has 0 amide bonds. The fraction of sp³-hybridized carbons (Fsp3) is 1.00. The molecule has 1 aliphatic heterocycles. The molecule has 4 atom stereocenters. The van der Waals surface area contributed by atoms with E-state index < -0.39 is 0 Å². The Bertz CT molecular complexity index is 315. The standard InChI is InChI=1S/C18H34N2/c1-14-10-15(2)12-18(11-14,13-19)20-9-5-7-16-6-3-4-8-17(16)20/h14-17H,3-13,19H2,1-2H3. The van der Waals surface area contributed by atoms with Gasteiger partial charge in [-0.05, 0) is 69.2 Å². The molecule has 20 heavy (non-hydrogen) atoms. The van der Waals surface area contributed by atoms with E-state index in [4.69, 9.17) is 5.73 Å². The molecule has 0 bridgehead atoms. The third-order valence-electron chi connectivity index (χ3n) is 6.49. The van der Waals surface area contributed by atoms with Gasteiger partial charge < -0.3 is 5.73 Å². The Morgan fingerprint density at radius 1 is 1.00 bits per heavy atom. The molecule has 2 nitrogen and oxygen atoms in total. The first-order chi connectivity index (χ1) is 9.64.